The first kappa shape index (κ1) is 25.0. The van der Waals surface area contributed by atoms with Gasteiger partial charge in [0.05, 0.1) is 13.2 Å². The Morgan fingerprint density at radius 2 is 1.72 bits per heavy atom. The van der Waals surface area contributed by atoms with Crippen LogP contribution in [0.2, 0.25) is 0 Å². The van der Waals surface area contributed by atoms with Gasteiger partial charge in [-0.15, -0.1) is 0 Å². The van der Waals surface area contributed by atoms with Gasteiger partial charge in [0.25, 0.3) is 0 Å². The van der Waals surface area contributed by atoms with Gasteiger partial charge in [0.2, 0.25) is 5.91 Å². The van der Waals surface area contributed by atoms with Crippen molar-refractivity contribution in [1.29, 1.82) is 0 Å². The molecule has 174 valence electrons. The number of carbonyl (C=O) groups is 2. The molecule has 2 aromatic rings. The minimum Gasteiger partial charge on any atom is -0.490 e. The molecule has 2 N–H and O–H groups in total. The lowest BCUT2D eigenvalue weighted by atomic mass is 10.1. The third-order valence-corrected chi connectivity index (χ3v) is 4.65. The molecule has 2 rings (SSSR count). The number of ether oxygens (including phenoxy) is 2. The van der Waals surface area contributed by atoms with Crippen LogP contribution < -0.4 is 20.1 Å². The van der Waals surface area contributed by atoms with Crippen LogP contribution in [0.15, 0.2) is 48.5 Å². The van der Waals surface area contributed by atoms with Gasteiger partial charge < -0.3 is 25.0 Å². The van der Waals surface area contributed by atoms with Gasteiger partial charge in [0.15, 0.2) is 11.5 Å². The van der Waals surface area contributed by atoms with E-state index in [2.05, 4.69) is 17.6 Å². The number of nitrogens with zero attached hydrogens (tertiary/aromatic N) is 1. The average Bonchev–Trinajstić information content (AvgIpc) is 2.79. The number of nitrogens with one attached hydrogen (secondary N) is 2. The quantitative estimate of drug-likeness (QED) is 0.467. The Hall–Kier alpha value is -3.22. The summed E-state index contributed by atoms with van der Waals surface area (Å²) in [6, 6.07) is 14.7. The number of hydrogen-bond donors (Lipinski definition) is 2. The zero-order valence-corrected chi connectivity index (χ0v) is 19.4. The van der Waals surface area contributed by atoms with Crippen LogP contribution in [-0.2, 0) is 11.3 Å². The minimum atomic E-state index is -0.324. The number of carbonyl (C=O) groups excluding carboxylic acids is 2. The molecule has 2 aromatic carbocycles. The van der Waals surface area contributed by atoms with E-state index < -0.39 is 0 Å². The van der Waals surface area contributed by atoms with Crippen LogP contribution in [0.1, 0.15) is 45.6 Å². The van der Waals surface area contributed by atoms with Gasteiger partial charge in [-0.05, 0) is 49.6 Å². The number of benzene rings is 2. The second-order valence-corrected chi connectivity index (χ2v) is 7.37. The van der Waals surface area contributed by atoms with E-state index in [0.29, 0.717) is 37.7 Å². The van der Waals surface area contributed by atoms with Crippen LogP contribution in [0.3, 0.4) is 0 Å². The third kappa shape index (κ3) is 8.49. The van der Waals surface area contributed by atoms with E-state index in [1.54, 1.807) is 0 Å². The van der Waals surface area contributed by atoms with Crippen LogP contribution in [0, 0.1) is 0 Å². The molecule has 0 saturated carbocycles. The monoisotopic (exact) mass is 441 g/mol. The number of hydrogen-bond acceptors (Lipinski definition) is 4. The average molecular weight is 442 g/mol. The molecule has 0 aliphatic rings. The first-order valence-electron chi connectivity index (χ1n) is 11.3. The molecule has 32 heavy (non-hydrogen) atoms. The molecule has 7 heteroatoms. The van der Waals surface area contributed by atoms with Gasteiger partial charge in [0, 0.05) is 31.7 Å². The maximum absolute atomic E-state index is 12.8. The Morgan fingerprint density at radius 1 is 0.938 bits per heavy atom. The van der Waals surface area contributed by atoms with Gasteiger partial charge in [0.1, 0.15) is 0 Å². The summed E-state index contributed by atoms with van der Waals surface area (Å²) in [5.41, 5.74) is 1.69. The Bertz CT molecular complexity index is 842. The van der Waals surface area contributed by atoms with E-state index in [9.17, 15) is 9.59 Å². The lowest BCUT2D eigenvalue weighted by Crippen LogP contribution is -2.36. The summed E-state index contributed by atoms with van der Waals surface area (Å²) in [5.74, 6) is 1.41. The summed E-state index contributed by atoms with van der Waals surface area (Å²) in [5, 5.41) is 5.49. The predicted molar refractivity (Wildman–Crippen MR) is 127 cm³/mol. The summed E-state index contributed by atoms with van der Waals surface area (Å²) in [6.07, 6.45) is 2.01. The highest BCUT2D eigenvalue weighted by Gasteiger charge is 2.15. The second kappa shape index (κ2) is 14.0. The van der Waals surface area contributed by atoms with Crippen LogP contribution >= 0.6 is 0 Å². The first-order chi connectivity index (χ1) is 15.6. The van der Waals surface area contributed by atoms with E-state index in [1.807, 2.05) is 67.3 Å². The topological polar surface area (TPSA) is 79.9 Å². The summed E-state index contributed by atoms with van der Waals surface area (Å²) in [4.78, 5) is 26.6. The van der Waals surface area contributed by atoms with Crippen molar-refractivity contribution in [3.63, 3.8) is 0 Å². The highest BCUT2D eigenvalue weighted by Crippen LogP contribution is 2.29. The van der Waals surface area contributed by atoms with Crippen LogP contribution in [-0.4, -0.2) is 43.1 Å². The molecule has 0 unspecified atom stereocenters. The number of anilines is 1. The second-order valence-electron chi connectivity index (χ2n) is 7.37. The normalized spacial score (nSPS) is 10.3. The first-order valence-corrected chi connectivity index (χ1v) is 11.3. The van der Waals surface area contributed by atoms with Crippen molar-refractivity contribution in [2.45, 2.75) is 46.6 Å². The lowest BCUT2D eigenvalue weighted by molar-refractivity contribution is -0.131. The molecular weight excluding hydrogens is 406 g/mol. The maximum Gasteiger partial charge on any atom is 0.319 e. The van der Waals surface area contributed by atoms with Crippen molar-refractivity contribution in [1.82, 2.24) is 10.2 Å². The smallest absolute Gasteiger partial charge is 0.319 e. The molecule has 0 fully saturated rings. The number of urea groups is 1. The zero-order valence-electron chi connectivity index (χ0n) is 19.4. The lowest BCUT2D eigenvalue weighted by Gasteiger charge is -2.23. The van der Waals surface area contributed by atoms with Crippen molar-refractivity contribution in [2.24, 2.45) is 0 Å². The number of rotatable bonds is 13. The van der Waals surface area contributed by atoms with E-state index in [4.69, 9.17) is 9.47 Å². The molecule has 0 heterocycles. The molecule has 0 spiro atoms. The molecule has 0 saturated heterocycles. The van der Waals surface area contributed by atoms with Crippen molar-refractivity contribution < 1.29 is 19.1 Å². The Morgan fingerprint density at radius 3 is 2.41 bits per heavy atom. The Labute approximate surface area is 191 Å². The van der Waals surface area contributed by atoms with Crippen molar-refractivity contribution in [2.75, 3.05) is 31.6 Å². The van der Waals surface area contributed by atoms with E-state index in [-0.39, 0.29) is 24.9 Å². The van der Waals surface area contributed by atoms with Gasteiger partial charge >= 0.3 is 6.03 Å². The molecule has 7 nitrogen and oxygen atoms in total. The van der Waals surface area contributed by atoms with E-state index in [0.717, 1.165) is 24.2 Å². The molecule has 0 bridgehead atoms. The molecule has 0 atom stereocenters. The summed E-state index contributed by atoms with van der Waals surface area (Å²) in [6.45, 7) is 8.60. The fraction of sp³-hybridized carbons (Fsp3) is 0.440. The fourth-order valence-electron chi connectivity index (χ4n) is 3.17. The van der Waals surface area contributed by atoms with Crippen LogP contribution in [0.4, 0.5) is 10.5 Å². The van der Waals surface area contributed by atoms with Crippen LogP contribution in [0.5, 0.6) is 11.5 Å². The Balaban J connectivity index is 1.91. The predicted octanol–water partition coefficient (Wildman–Crippen LogP) is 4.82. The zero-order chi connectivity index (χ0) is 23.2. The molecule has 0 aliphatic heterocycles. The minimum absolute atomic E-state index is 0.00358. The maximum atomic E-state index is 12.8. The highest BCUT2D eigenvalue weighted by atomic mass is 16.5. The highest BCUT2D eigenvalue weighted by molar-refractivity contribution is 5.89. The SMILES string of the molecule is CCCOc1ccc(CN(CCC)C(=O)CCNC(=O)Nc2ccccc2)cc1OCC. The van der Waals surface area contributed by atoms with Gasteiger partial charge in [-0.2, -0.15) is 0 Å². The van der Waals surface area contributed by atoms with Crippen molar-refractivity contribution >= 4 is 17.6 Å². The van der Waals surface area contributed by atoms with Crippen molar-refractivity contribution in [3.05, 3.63) is 54.1 Å². The van der Waals surface area contributed by atoms with E-state index in [1.165, 1.54) is 0 Å². The molecule has 3 amide bonds. The number of amides is 3. The third-order valence-electron chi connectivity index (χ3n) is 4.65. The van der Waals surface area contributed by atoms with Gasteiger partial charge in [-0.25, -0.2) is 4.79 Å². The molecule has 0 aliphatic carbocycles. The van der Waals surface area contributed by atoms with Gasteiger partial charge in [-0.1, -0.05) is 38.1 Å². The molecule has 0 radical (unpaired) electrons. The van der Waals surface area contributed by atoms with Gasteiger partial charge in [-0.3, -0.25) is 4.79 Å². The summed E-state index contributed by atoms with van der Waals surface area (Å²) >= 11 is 0. The standard InChI is InChI=1S/C25H35N3O4/c1-4-16-28(19-20-12-13-22(32-17-5-2)23(18-20)31-6-3)24(29)14-15-26-25(30)27-21-10-8-7-9-11-21/h7-13,18H,4-6,14-17,19H2,1-3H3,(H2,26,27,30). The largest absolute Gasteiger partial charge is 0.490 e. The summed E-state index contributed by atoms with van der Waals surface area (Å²) < 4.78 is 11.5. The summed E-state index contributed by atoms with van der Waals surface area (Å²) in [7, 11) is 0. The molecule has 0 aromatic heterocycles. The fourth-order valence-corrected chi connectivity index (χ4v) is 3.17. The Kier molecular flexibility index (Phi) is 10.9. The van der Waals surface area contributed by atoms with Crippen LogP contribution in [0.25, 0.3) is 0 Å². The van der Waals surface area contributed by atoms with E-state index >= 15 is 0 Å². The molecular formula is C25H35N3O4. The number of para-hydroxylation sites is 1. The van der Waals surface area contributed by atoms with Crippen molar-refractivity contribution in [3.8, 4) is 11.5 Å².